The Morgan fingerprint density at radius 2 is 2.23 bits per heavy atom. The van der Waals surface area contributed by atoms with Gasteiger partial charge in [0.2, 0.25) is 0 Å². The van der Waals surface area contributed by atoms with Crippen molar-refractivity contribution in [3.8, 4) is 0 Å². The Morgan fingerprint density at radius 3 is 2.85 bits per heavy atom. The topological polar surface area (TPSA) is 37.8 Å². The fraction of sp³-hybridized carbons (Fsp3) is 0.500. The normalized spacial score (nSPS) is 12.6. The van der Waals surface area contributed by atoms with Gasteiger partial charge in [0.05, 0.1) is 11.7 Å². The van der Waals surface area contributed by atoms with Crippen LogP contribution >= 0.6 is 0 Å². The van der Waals surface area contributed by atoms with Gasteiger partial charge in [-0.15, -0.1) is 0 Å². The largest absolute Gasteiger partial charge is 0.362 e. The summed E-state index contributed by atoms with van der Waals surface area (Å²) >= 11 is 0. The molecule has 0 amide bonds. The van der Waals surface area contributed by atoms with E-state index in [0.29, 0.717) is 0 Å². The third-order valence-electron chi connectivity index (χ3n) is 1.58. The van der Waals surface area contributed by atoms with Crippen molar-refractivity contribution in [1.82, 2.24) is 9.97 Å². The molecule has 0 saturated heterocycles. The predicted molar refractivity (Wildman–Crippen MR) is 45.8 cm³/mol. The summed E-state index contributed by atoms with van der Waals surface area (Å²) in [5, 5.41) is 2.60. The quantitative estimate of drug-likeness (QED) is 0.782. The molecule has 5 heteroatoms. The zero-order valence-corrected chi connectivity index (χ0v) is 7.51. The van der Waals surface area contributed by atoms with Gasteiger partial charge in [0.1, 0.15) is 13.0 Å². The predicted octanol–water partition coefficient (Wildman–Crippen LogP) is 1.69. The van der Waals surface area contributed by atoms with Crippen LogP contribution in [0.25, 0.3) is 0 Å². The third kappa shape index (κ3) is 2.34. The van der Waals surface area contributed by atoms with Crippen LogP contribution < -0.4 is 5.32 Å². The summed E-state index contributed by atoms with van der Waals surface area (Å²) in [5.74, 6) is -0.472. The first kappa shape index (κ1) is 9.83. The maximum atomic E-state index is 13.2. The number of rotatable bonds is 3. The minimum absolute atomic E-state index is 0.0534. The third-order valence-corrected chi connectivity index (χ3v) is 1.58. The Bertz CT molecular complexity index is 291. The smallest absolute Gasteiger partial charge is 0.186 e. The summed E-state index contributed by atoms with van der Waals surface area (Å²) in [7, 11) is 0. The van der Waals surface area contributed by atoms with Gasteiger partial charge in [0.15, 0.2) is 11.6 Å². The molecule has 1 rings (SSSR count). The SMILES string of the molecule is Cc1ncnc(N[C@@H](C)CF)c1F. The molecule has 1 aromatic rings. The summed E-state index contributed by atoms with van der Waals surface area (Å²) in [4.78, 5) is 7.32. The number of aryl methyl sites for hydroxylation is 1. The molecule has 1 atom stereocenters. The molecule has 0 aliphatic rings. The van der Waals surface area contributed by atoms with Gasteiger partial charge in [-0.1, -0.05) is 0 Å². The van der Waals surface area contributed by atoms with E-state index in [-0.39, 0.29) is 11.5 Å². The number of anilines is 1. The van der Waals surface area contributed by atoms with Crippen LogP contribution in [0.3, 0.4) is 0 Å². The number of halogens is 2. The first-order chi connectivity index (χ1) is 6.15. The number of alkyl halides is 1. The monoisotopic (exact) mass is 187 g/mol. The molecule has 0 unspecified atom stereocenters. The fourth-order valence-electron chi connectivity index (χ4n) is 0.831. The molecule has 13 heavy (non-hydrogen) atoms. The van der Waals surface area contributed by atoms with Crippen LogP contribution in [-0.4, -0.2) is 22.7 Å². The van der Waals surface area contributed by atoms with E-state index in [0.717, 1.165) is 0 Å². The van der Waals surface area contributed by atoms with Crippen LogP contribution in [0.15, 0.2) is 6.33 Å². The molecule has 1 aromatic heterocycles. The van der Waals surface area contributed by atoms with Crippen molar-refractivity contribution in [3.63, 3.8) is 0 Å². The van der Waals surface area contributed by atoms with E-state index in [1.165, 1.54) is 13.3 Å². The lowest BCUT2D eigenvalue weighted by Gasteiger charge is -2.11. The molecule has 0 radical (unpaired) electrons. The maximum Gasteiger partial charge on any atom is 0.186 e. The summed E-state index contributed by atoms with van der Waals surface area (Å²) in [5.41, 5.74) is 0.253. The van der Waals surface area contributed by atoms with E-state index >= 15 is 0 Å². The van der Waals surface area contributed by atoms with Gasteiger partial charge < -0.3 is 5.32 Å². The second-order valence-corrected chi connectivity index (χ2v) is 2.82. The lowest BCUT2D eigenvalue weighted by atomic mass is 10.3. The Hall–Kier alpha value is -1.26. The minimum Gasteiger partial charge on any atom is -0.362 e. The zero-order valence-electron chi connectivity index (χ0n) is 7.51. The number of aromatic nitrogens is 2. The van der Waals surface area contributed by atoms with Gasteiger partial charge in [-0.2, -0.15) is 0 Å². The van der Waals surface area contributed by atoms with Gasteiger partial charge in [0.25, 0.3) is 0 Å². The molecule has 1 heterocycles. The second kappa shape index (κ2) is 4.11. The molecule has 1 N–H and O–H groups in total. The standard InChI is InChI=1S/C8H11F2N3/c1-5(3-9)13-8-7(10)6(2)11-4-12-8/h4-5H,3H2,1-2H3,(H,11,12,13)/t5-/m0/s1. The van der Waals surface area contributed by atoms with E-state index in [4.69, 9.17) is 0 Å². The van der Waals surface area contributed by atoms with E-state index in [1.807, 2.05) is 0 Å². The summed E-state index contributed by atoms with van der Waals surface area (Å²) in [6.45, 7) is 2.57. The van der Waals surface area contributed by atoms with Crippen LogP contribution in [0, 0.1) is 12.7 Å². The van der Waals surface area contributed by atoms with Crippen molar-refractivity contribution < 1.29 is 8.78 Å². The van der Waals surface area contributed by atoms with Gasteiger partial charge >= 0.3 is 0 Å². The van der Waals surface area contributed by atoms with Crippen molar-refractivity contribution in [3.05, 3.63) is 17.8 Å². The minimum atomic E-state index is -0.567. The number of hydrogen-bond donors (Lipinski definition) is 1. The van der Waals surface area contributed by atoms with E-state index in [2.05, 4.69) is 15.3 Å². The number of nitrogens with zero attached hydrogens (tertiary/aromatic N) is 2. The summed E-state index contributed by atoms with van der Waals surface area (Å²) in [6, 6.07) is -0.441. The van der Waals surface area contributed by atoms with E-state index < -0.39 is 18.5 Å². The van der Waals surface area contributed by atoms with Crippen LogP contribution in [0.2, 0.25) is 0 Å². The van der Waals surface area contributed by atoms with Crippen LogP contribution in [-0.2, 0) is 0 Å². The molecular formula is C8H11F2N3. The molecule has 72 valence electrons. The molecule has 0 aliphatic carbocycles. The zero-order chi connectivity index (χ0) is 9.84. The molecule has 0 bridgehead atoms. The highest BCUT2D eigenvalue weighted by atomic mass is 19.1. The Kier molecular flexibility index (Phi) is 3.11. The van der Waals surface area contributed by atoms with Crippen LogP contribution in [0.1, 0.15) is 12.6 Å². The molecule has 0 aromatic carbocycles. The molecule has 0 spiro atoms. The lowest BCUT2D eigenvalue weighted by Crippen LogP contribution is -2.19. The molecular weight excluding hydrogens is 176 g/mol. The van der Waals surface area contributed by atoms with Gasteiger partial charge in [-0.05, 0) is 13.8 Å². The highest BCUT2D eigenvalue weighted by Crippen LogP contribution is 2.12. The van der Waals surface area contributed by atoms with Crippen molar-refractivity contribution >= 4 is 5.82 Å². The highest BCUT2D eigenvalue weighted by molar-refractivity contribution is 5.37. The average Bonchev–Trinajstić information content (AvgIpc) is 2.13. The van der Waals surface area contributed by atoms with Crippen LogP contribution in [0.4, 0.5) is 14.6 Å². The van der Waals surface area contributed by atoms with Crippen molar-refractivity contribution in [2.75, 3.05) is 12.0 Å². The maximum absolute atomic E-state index is 13.2. The number of nitrogens with one attached hydrogen (secondary N) is 1. The van der Waals surface area contributed by atoms with E-state index in [9.17, 15) is 8.78 Å². The highest BCUT2D eigenvalue weighted by Gasteiger charge is 2.09. The Morgan fingerprint density at radius 1 is 1.54 bits per heavy atom. The first-order valence-electron chi connectivity index (χ1n) is 3.94. The van der Waals surface area contributed by atoms with Crippen LogP contribution in [0.5, 0.6) is 0 Å². The summed E-state index contributed by atoms with van der Waals surface area (Å²) < 4.78 is 25.3. The first-order valence-corrected chi connectivity index (χ1v) is 3.94. The Labute approximate surface area is 75.2 Å². The van der Waals surface area contributed by atoms with Gasteiger partial charge in [-0.3, -0.25) is 0 Å². The second-order valence-electron chi connectivity index (χ2n) is 2.82. The Balaban J connectivity index is 2.83. The summed E-state index contributed by atoms with van der Waals surface area (Å²) in [6.07, 6.45) is 1.24. The number of hydrogen-bond acceptors (Lipinski definition) is 3. The average molecular weight is 187 g/mol. The van der Waals surface area contributed by atoms with Gasteiger partial charge in [0, 0.05) is 0 Å². The van der Waals surface area contributed by atoms with Crippen molar-refractivity contribution in [2.24, 2.45) is 0 Å². The van der Waals surface area contributed by atoms with E-state index in [1.54, 1.807) is 6.92 Å². The molecule has 0 fully saturated rings. The molecule has 3 nitrogen and oxygen atoms in total. The molecule has 0 aliphatic heterocycles. The molecule has 0 saturated carbocycles. The lowest BCUT2D eigenvalue weighted by molar-refractivity contribution is 0.457. The van der Waals surface area contributed by atoms with Crippen molar-refractivity contribution in [2.45, 2.75) is 19.9 Å². The fourth-order valence-corrected chi connectivity index (χ4v) is 0.831. The van der Waals surface area contributed by atoms with Crippen molar-refractivity contribution in [1.29, 1.82) is 0 Å². The van der Waals surface area contributed by atoms with Gasteiger partial charge in [-0.25, -0.2) is 18.7 Å².